The lowest BCUT2D eigenvalue weighted by atomic mass is 9.94. The zero-order chi connectivity index (χ0) is 9.52. The molecule has 0 nitrogen and oxygen atoms in total. The van der Waals surface area contributed by atoms with Gasteiger partial charge in [0.15, 0.2) is 0 Å². The second-order valence-corrected chi connectivity index (χ2v) is 4.45. The topological polar surface area (TPSA) is 0 Å². The molecule has 1 aliphatic carbocycles. The van der Waals surface area contributed by atoms with Crippen LogP contribution < -0.4 is 0 Å². The summed E-state index contributed by atoms with van der Waals surface area (Å²) in [7, 11) is 0. The van der Waals surface area contributed by atoms with Crippen LogP contribution in [0.15, 0.2) is 12.2 Å². The van der Waals surface area contributed by atoms with Crippen molar-refractivity contribution in [2.75, 3.05) is 0 Å². The fraction of sp³-hybridized carbons (Fsp3) is 0.846. The molecule has 0 heteroatoms. The van der Waals surface area contributed by atoms with Crippen molar-refractivity contribution >= 4 is 0 Å². The van der Waals surface area contributed by atoms with Gasteiger partial charge in [0.1, 0.15) is 0 Å². The van der Waals surface area contributed by atoms with Gasteiger partial charge in [0.25, 0.3) is 0 Å². The Kier molecular flexibility index (Phi) is 5.19. The van der Waals surface area contributed by atoms with Gasteiger partial charge >= 0.3 is 0 Å². The second-order valence-electron chi connectivity index (χ2n) is 4.45. The summed E-state index contributed by atoms with van der Waals surface area (Å²) < 4.78 is 0. The van der Waals surface area contributed by atoms with Crippen LogP contribution in [0.4, 0.5) is 0 Å². The number of hydrogen-bond acceptors (Lipinski definition) is 0. The van der Waals surface area contributed by atoms with Crippen molar-refractivity contribution in [3.05, 3.63) is 12.2 Å². The summed E-state index contributed by atoms with van der Waals surface area (Å²) in [5, 5.41) is 0. The van der Waals surface area contributed by atoms with Crippen molar-refractivity contribution in [2.24, 2.45) is 5.92 Å². The van der Waals surface area contributed by atoms with Crippen molar-refractivity contribution in [1.29, 1.82) is 0 Å². The molecule has 0 unspecified atom stereocenters. The zero-order valence-electron chi connectivity index (χ0n) is 9.15. The lowest BCUT2D eigenvalue weighted by Gasteiger charge is -2.12. The van der Waals surface area contributed by atoms with Crippen LogP contribution in [0.1, 0.15) is 64.7 Å². The third kappa shape index (κ3) is 3.97. The van der Waals surface area contributed by atoms with E-state index >= 15 is 0 Å². The van der Waals surface area contributed by atoms with Crippen LogP contribution in [0.25, 0.3) is 0 Å². The molecule has 0 radical (unpaired) electrons. The smallest absolute Gasteiger partial charge is 0.0206 e. The molecule has 0 saturated heterocycles. The van der Waals surface area contributed by atoms with Crippen LogP contribution in [0.3, 0.4) is 0 Å². The van der Waals surface area contributed by atoms with Gasteiger partial charge in [0.2, 0.25) is 0 Å². The van der Waals surface area contributed by atoms with E-state index in [0.717, 1.165) is 5.92 Å². The molecule has 13 heavy (non-hydrogen) atoms. The molecular weight excluding hydrogens is 156 g/mol. The lowest BCUT2D eigenvalue weighted by Crippen LogP contribution is -1.97. The van der Waals surface area contributed by atoms with E-state index in [4.69, 9.17) is 0 Å². The quantitative estimate of drug-likeness (QED) is 0.410. The van der Waals surface area contributed by atoms with Gasteiger partial charge in [0, 0.05) is 0 Å². The maximum atomic E-state index is 4.23. The minimum absolute atomic E-state index is 0.890. The van der Waals surface area contributed by atoms with Gasteiger partial charge in [-0.3, -0.25) is 0 Å². The van der Waals surface area contributed by atoms with Gasteiger partial charge in [0.05, 0.1) is 0 Å². The maximum Gasteiger partial charge on any atom is -0.0206 e. The molecule has 0 spiro atoms. The highest BCUT2D eigenvalue weighted by Crippen LogP contribution is 2.32. The summed E-state index contributed by atoms with van der Waals surface area (Å²) in [6.45, 7) is 6.50. The van der Waals surface area contributed by atoms with E-state index in [-0.39, 0.29) is 0 Å². The lowest BCUT2D eigenvalue weighted by molar-refractivity contribution is 0.580. The number of hydrogen-bond donors (Lipinski definition) is 0. The summed E-state index contributed by atoms with van der Waals surface area (Å²) in [6.07, 6.45) is 12.6. The monoisotopic (exact) mass is 180 g/mol. The first-order valence-corrected chi connectivity index (χ1v) is 6.02. The van der Waals surface area contributed by atoms with Crippen LogP contribution in [0, 0.1) is 5.92 Å². The predicted molar refractivity (Wildman–Crippen MR) is 59.9 cm³/mol. The summed E-state index contributed by atoms with van der Waals surface area (Å²) in [5.41, 5.74) is 1.55. The van der Waals surface area contributed by atoms with Gasteiger partial charge in [-0.2, -0.15) is 0 Å². The molecule has 0 aromatic heterocycles. The van der Waals surface area contributed by atoms with E-state index in [2.05, 4.69) is 13.5 Å². The van der Waals surface area contributed by atoms with Gasteiger partial charge in [-0.25, -0.2) is 0 Å². The first-order chi connectivity index (χ1) is 6.34. The summed E-state index contributed by atoms with van der Waals surface area (Å²) in [6, 6.07) is 0. The molecule has 0 aromatic carbocycles. The molecule has 1 aliphatic rings. The number of rotatable bonds is 6. The summed E-state index contributed by atoms with van der Waals surface area (Å²) >= 11 is 0. The molecule has 0 N–H and O–H groups in total. The molecule has 76 valence electrons. The van der Waals surface area contributed by atoms with E-state index < -0.39 is 0 Å². The number of unbranched alkanes of at least 4 members (excludes halogenated alkanes) is 3. The summed E-state index contributed by atoms with van der Waals surface area (Å²) in [5.74, 6) is 0.890. The first-order valence-electron chi connectivity index (χ1n) is 6.02. The molecule has 1 saturated carbocycles. The minimum Gasteiger partial charge on any atom is -0.0996 e. The van der Waals surface area contributed by atoms with Gasteiger partial charge < -0.3 is 0 Å². The standard InChI is InChI=1S/C13H24/c1-3-4-5-6-9-12(2)13-10-7-8-11-13/h13H,2-11H2,1H3. The highest BCUT2D eigenvalue weighted by atomic mass is 14.2. The zero-order valence-corrected chi connectivity index (χ0v) is 9.15. The third-order valence-electron chi connectivity index (χ3n) is 3.28. The second kappa shape index (κ2) is 6.23. The third-order valence-corrected chi connectivity index (χ3v) is 3.28. The Balaban J connectivity index is 2.03. The highest BCUT2D eigenvalue weighted by Gasteiger charge is 2.16. The van der Waals surface area contributed by atoms with E-state index in [1.54, 1.807) is 5.57 Å². The molecule has 0 atom stereocenters. The Bertz CT molecular complexity index is 140. The van der Waals surface area contributed by atoms with E-state index in [1.165, 1.54) is 57.8 Å². The first kappa shape index (κ1) is 10.8. The Hall–Kier alpha value is -0.260. The van der Waals surface area contributed by atoms with Crippen molar-refractivity contribution in [3.8, 4) is 0 Å². The van der Waals surface area contributed by atoms with Crippen LogP contribution in [0.5, 0.6) is 0 Å². The molecule has 1 rings (SSSR count). The largest absolute Gasteiger partial charge is 0.0996 e. The molecule has 0 amide bonds. The Morgan fingerprint density at radius 1 is 1.15 bits per heavy atom. The van der Waals surface area contributed by atoms with Gasteiger partial charge in [-0.15, -0.1) is 0 Å². The van der Waals surface area contributed by atoms with E-state index in [9.17, 15) is 0 Å². The fourth-order valence-corrected chi connectivity index (χ4v) is 2.32. The van der Waals surface area contributed by atoms with Crippen LogP contribution in [0.2, 0.25) is 0 Å². The van der Waals surface area contributed by atoms with Gasteiger partial charge in [-0.05, 0) is 31.6 Å². The number of allylic oxidation sites excluding steroid dienone is 1. The predicted octanol–water partition coefficient (Wildman–Crippen LogP) is 4.70. The molecular formula is C13H24. The minimum atomic E-state index is 0.890. The van der Waals surface area contributed by atoms with E-state index in [0.29, 0.717) is 0 Å². The Labute approximate surface area is 83.4 Å². The average molecular weight is 180 g/mol. The Morgan fingerprint density at radius 3 is 2.46 bits per heavy atom. The molecule has 0 aromatic rings. The molecule has 0 bridgehead atoms. The average Bonchev–Trinajstić information content (AvgIpc) is 2.65. The normalized spacial score (nSPS) is 17.9. The molecule has 1 fully saturated rings. The van der Waals surface area contributed by atoms with Crippen molar-refractivity contribution in [3.63, 3.8) is 0 Å². The van der Waals surface area contributed by atoms with E-state index in [1.807, 2.05) is 0 Å². The molecule has 0 heterocycles. The summed E-state index contributed by atoms with van der Waals surface area (Å²) in [4.78, 5) is 0. The fourth-order valence-electron chi connectivity index (χ4n) is 2.32. The van der Waals surface area contributed by atoms with Gasteiger partial charge in [-0.1, -0.05) is 51.2 Å². The van der Waals surface area contributed by atoms with Crippen molar-refractivity contribution in [2.45, 2.75) is 64.7 Å². The van der Waals surface area contributed by atoms with Crippen LogP contribution in [-0.4, -0.2) is 0 Å². The Morgan fingerprint density at radius 2 is 1.85 bits per heavy atom. The highest BCUT2D eigenvalue weighted by molar-refractivity contribution is 5.02. The van der Waals surface area contributed by atoms with Crippen LogP contribution in [-0.2, 0) is 0 Å². The maximum absolute atomic E-state index is 4.23. The van der Waals surface area contributed by atoms with Crippen molar-refractivity contribution in [1.82, 2.24) is 0 Å². The van der Waals surface area contributed by atoms with Crippen molar-refractivity contribution < 1.29 is 0 Å². The van der Waals surface area contributed by atoms with Crippen LogP contribution >= 0.6 is 0 Å². The SMILES string of the molecule is C=C(CCCCCC)C1CCCC1. The molecule has 0 aliphatic heterocycles.